The van der Waals surface area contributed by atoms with E-state index in [0.717, 1.165) is 33.5 Å². The predicted molar refractivity (Wildman–Crippen MR) is 98.1 cm³/mol. The van der Waals surface area contributed by atoms with Crippen molar-refractivity contribution in [3.8, 4) is 0 Å². The summed E-state index contributed by atoms with van der Waals surface area (Å²) in [5.41, 5.74) is 7.04. The van der Waals surface area contributed by atoms with Crippen molar-refractivity contribution in [1.29, 1.82) is 0 Å². The lowest BCUT2D eigenvalue weighted by atomic mass is 10.1. The summed E-state index contributed by atoms with van der Waals surface area (Å²) >= 11 is 6.11. The third kappa shape index (κ3) is 4.25. The highest BCUT2D eigenvalue weighted by Gasteiger charge is 2.20. The predicted octanol–water partition coefficient (Wildman–Crippen LogP) is 4.14. The first kappa shape index (κ1) is 18.8. The number of H-pyrrole nitrogens is 1. The molecule has 0 saturated heterocycles. The summed E-state index contributed by atoms with van der Waals surface area (Å²) in [7, 11) is 0. The lowest BCUT2D eigenvalue weighted by Gasteiger charge is -2.18. The van der Waals surface area contributed by atoms with Crippen molar-refractivity contribution in [2.45, 2.75) is 19.4 Å². The van der Waals surface area contributed by atoms with E-state index >= 15 is 0 Å². The second-order valence-electron chi connectivity index (χ2n) is 6.07. The van der Waals surface area contributed by atoms with Gasteiger partial charge in [-0.3, -0.25) is 9.69 Å². The Hall–Kier alpha value is -2.93. The number of carbonyl (C=O) groups excluding carboxylic acids is 2. The molecule has 2 aromatic carbocycles. The number of rotatable bonds is 5. The van der Waals surface area contributed by atoms with Gasteiger partial charge in [0.25, 0.3) is 0 Å². The molecule has 3 amide bonds. The Balaban J connectivity index is 1.73. The molecule has 0 spiro atoms. The number of carbonyl (C=O) groups is 2. The number of primary amides is 1. The highest BCUT2D eigenvalue weighted by Crippen LogP contribution is 2.26. The number of fused-ring (bicyclic) bond motifs is 1. The van der Waals surface area contributed by atoms with Crippen molar-refractivity contribution in [3.63, 3.8) is 0 Å². The second-order valence-corrected chi connectivity index (χ2v) is 6.48. The number of urea groups is 1. The zero-order valence-corrected chi connectivity index (χ0v) is 14.9. The number of aromatic amines is 1. The number of hydrogen-bond donors (Lipinski definition) is 2. The first-order valence-corrected chi connectivity index (χ1v) is 8.52. The molecule has 5 nitrogen and oxygen atoms in total. The molecule has 27 heavy (non-hydrogen) atoms. The molecule has 0 bridgehead atoms. The number of nitrogens with zero attached hydrogens (tertiary/aromatic N) is 1. The average molecular weight is 392 g/mol. The largest absolute Gasteiger partial charge is 0.360 e. The van der Waals surface area contributed by atoms with Crippen LogP contribution in [0.2, 0.25) is 5.02 Å². The van der Waals surface area contributed by atoms with E-state index in [9.17, 15) is 18.4 Å². The normalized spacial score (nSPS) is 10.9. The van der Waals surface area contributed by atoms with E-state index in [2.05, 4.69) is 4.98 Å². The Labute approximate surface area is 158 Å². The molecule has 1 aromatic heterocycles. The number of nitrogens with two attached hydrogens (primary N) is 1. The molecular formula is C19H16ClF2N3O2. The van der Waals surface area contributed by atoms with Gasteiger partial charge in [-0.1, -0.05) is 23.7 Å². The topological polar surface area (TPSA) is 79.2 Å². The van der Waals surface area contributed by atoms with Gasteiger partial charge in [-0.05, 0) is 35.7 Å². The van der Waals surface area contributed by atoms with Crippen LogP contribution in [0.15, 0.2) is 42.6 Å². The van der Waals surface area contributed by atoms with Crippen LogP contribution < -0.4 is 5.73 Å². The lowest BCUT2D eigenvalue weighted by molar-refractivity contribution is -0.128. The first-order chi connectivity index (χ1) is 12.8. The van der Waals surface area contributed by atoms with Crippen LogP contribution in [0.4, 0.5) is 13.6 Å². The van der Waals surface area contributed by atoms with Crippen LogP contribution in [0, 0.1) is 11.6 Å². The SMILES string of the molecule is NC(=O)N(Cc1cc(F)cc(F)c1)C(=O)CCc1c[nH]c2c(Cl)cccc12. The Morgan fingerprint density at radius 3 is 2.52 bits per heavy atom. The van der Waals surface area contributed by atoms with E-state index in [0.29, 0.717) is 17.5 Å². The number of nitrogens with one attached hydrogen (secondary N) is 1. The molecule has 0 unspecified atom stereocenters. The fourth-order valence-electron chi connectivity index (χ4n) is 2.93. The standard InChI is InChI=1S/C19H16ClF2N3O2/c20-16-3-1-2-15-12(9-24-18(15)16)4-5-17(26)25(19(23)27)10-11-6-13(21)8-14(22)7-11/h1-3,6-9,24H,4-5,10H2,(H2,23,27). The van der Waals surface area contributed by atoms with E-state index < -0.39 is 23.6 Å². The zero-order valence-electron chi connectivity index (χ0n) is 14.1. The summed E-state index contributed by atoms with van der Waals surface area (Å²) in [5.74, 6) is -2.13. The van der Waals surface area contributed by atoms with Gasteiger partial charge in [-0.25, -0.2) is 13.6 Å². The van der Waals surface area contributed by atoms with Gasteiger partial charge in [0.05, 0.1) is 17.1 Å². The number of amides is 3. The molecular weight excluding hydrogens is 376 g/mol. The molecule has 0 saturated carbocycles. The van der Waals surface area contributed by atoms with Crippen molar-refractivity contribution >= 4 is 34.4 Å². The van der Waals surface area contributed by atoms with Gasteiger partial charge in [0, 0.05) is 24.1 Å². The molecule has 8 heteroatoms. The van der Waals surface area contributed by atoms with Gasteiger partial charge in [-0.15, -0.1) is 0 Å². The van der Waals surface area contributed by atoms with E-state index in [1.807, 2.05) is 6.07 Å². The van der Waals surface area contributed by atoms with Gasteiger partial charge in [0.15, 0.2) is 0 Å². The maximum Gasteiger partial charge on any atom is 0.321 e. The molecule has 1 heterocycles. The van der Waals surface area contributed by atoms with Gasteiger partial charge in [0.1, 0.15) is 11.6 Å². The second kappa shape index (κ2) is 7.75. The highest BCUT2D eigenvalue weighted by atomic mass is 35.5. The van der Waals surface area contributed by atoms with Crippen molar-refractivity contribution in [2.24, 2.45) is 5.73 Å². The van der Waals surface area contributed by atoms with E-state index in [4.69, 9.17) is 17.3 Å². The van der Waals surface area contributed by atoms with Gasteiger partial charge >= 0.3 is 6.03 Å². The summed E-state index contributed by atoms with van der Waals surface area (Å²) in [6.07, 6.45) is 2.10. The monoisotopic (exact) mass is 391 g/mol. The minimum atomic E-state index is -0.980. The number of imide groups is 1. The quantitative estimate of drug-likeness (QED) is 0.685. The minimum Gasteiger partial charge on any atom is -0.360 e. The number of aryl methyl sites for hydroxylation is 1. The number of para-hydroxylation sites is 1. The van der Waals surface area contributed by atoms with Crippen LogP contribution in [0.1, 0.15) is 17.5 Å². The van der Waals surface area contributed by atoms with Crippen LogP contribution in [0.3, 0.4) is 0 Å². The summed E-state index contributed by atoms with van der Waals surface area (Å²) in [6.45, 7) is -0.303. The van der Waals surface area contributed by atoms with Gasteiger partial charge in [0.2, 0.25) is 5.91 Å². The van der Waals surface area contributed by atoms with Crippen molar-refractivity contribution in [2.75, 3.05) is 0 Å². The fourth-order valence-corrected chi connectivity index (χ4v) is 3.16. The molecule has 0 aliphatic carbocycles. The molecule has 3 rings (SSSR count). The summed E-state index contributed by atoms with van der Waals surface area (Å²) < 4.78 is 26.6. The molecule has 0 fully saturated rings. The van der Waals surface area contributed by atoms with Crippen molar-refractivity contribution < 1.29 is 18.4 Å². The van der Waals surface area contributed by atoms with Crippen LogP contribution in [0.25, 0.3) is 10.9 Å². The summed E-state index contributed by atoms with van der Waals surface area (Å²) in [5, 5.41) is 1.45. The molecule has 0 radical (unpaired) electrons. The third-order valence-electron chi connectivity index (χ3n) is 4.19. The number of halogens is 3. The summed E-state index contributed by atoms with van der Waals surface area (Å²) in [4.78, 5) is 27.9. The minimum absolute atomic E-state index is 0.000203. The van der Waals surface area contributed by atoms with Crippen molar-refractivity contribution in [3.05, 3.63) is 70.4 Å². The van der Waals surface area contributed by atoms with Gasteiger partial charge in [-0.2, -0.15) is 0 Å². The maximum atomic E-state index is 13.3. The third-order valence-corrected chi connectivity index (χ3v) is 4.50. The molecule has 3 N–H and O–H groups in total. The van der Waals surface area contributed by atoms with E-state index in [-0.39, 0.29) is 18.5 Å². The van der Waals surface area contributed by atoms with Crippen LogP contribution in [-0.4, -0.2) is 21.8 Å². The fraction of sp³-hybridized carbons (Fsp3) is 0.158. The van der Waals surface area contributed by atoms with Crippen LogP contribution in [-0.2, 0) is 17.8 Å². The Bertz CT molecular complexity index is 999. The van der Waals surface area contributed by atoms with Crippen LogP contribution >= 0.6 is 11.6 Å². The highest BCUT2D eigenvalue weighted by molar-refractivity contribution is 6.35. The average Bonchev–Trinajstić information content (AvgIpc) is 3.01. The van der Waals surface area contributed by atoms with E-state index in [1.165, 1.54) is 0 Å². The Morgan fingerprint density at radius 2 is 1.85 bits per heavy atom. The lowest BCUT2D eigenvalue weighted by Crippen LogP contribution is -2.40. The maximum absolute atomic E-state index is 13.3. The Kier molecular flexibility index (Phi) is 5.41. The summed E-state index contributed by atoms with van der Waals surface area (Å²) in [6, 6.07) is 7.26. The number of benzene rings is 2. The smallest absolute Gasteiger partial charge is 0.321 e. The van der Waals surface area contributed by atoms with Crippen LogP contribution in [0.5, 0.6) is 0 Å². The number of aromatic nitrogens is 1. The molecule has 140 valence electrons. The van der Waals surface area contributed by atoms with E-state index in [1.54, 1.807) is 18.3 Å². The first-order valence-electron chi connectivity index (χ1n) is 8.14. The molecule has 0 aliphatic rings. The zero-order chi connectivity index (χ0) is 19.6. The van der Waals surface area contributed by atoms with Crippen molar-refractivity contribution in [1.82, 2.24) is 9.88 Å². The number of hydrogen-bond acceptors (Lipinski definition) is 2. The Morgan fingerprint density at radius 1 is 1.15 bits per heavy atom. The molecule has 0 atom stereocenters. The molecule has 3 aromatic rings. The molecule has 0 aliphatic heterocycles. The van der Waals surface area contributed by atoms with Gasteiger partial charge < -0.3 is 10.7 Å².